The van der Waals surface area contributed by atoms with E-state index >= 15 is 0 Å². The van der Waals surface area contributed by atoms with Gasteiger partial charge >= 0.3 is 6.36 Å². The van der Waals surface area contributed by atoms with Crippen LogP contribution in [0.4, 0.5) is 18.9 Å². The predicted molar refractivity (Wildman–Crippen MR) is 85.8 cm³/mol. The van der Waals surface area contributed by atoms with E-state index < -0.39 is 6.36 Å². The first-order chi connectivity index (χ1) is 11.2. The number of benzene rings is 1. The number of aromatic nitrogens is 2. The Balaban J connectivity index is 1.89. The van der Waals surface area contributed by atoms with Crippen molar-refractivity contribution in [1.82, 2.24) is 9.78 Å². The molecule has 24 heavy (non-hydrogen) atoms. The summed E-state index contributed by atoms with van der Waals surface area (Å²) in [6.45, 7) is 4.15. The van der Waals surface area contributed by atoms with Crippen molar-refractivity contribution in [2.75, 3.05) is 5.32 Å². The lowest BCUT2D eigenvalue weighted by Crippen LogP contribution is -2.17. The molecule has 0 aliphatic carbocycles. The van der Waals surface area contributed by atoms with Crippen LogP contribution in [0.1, 0.15) is 17.8 Å². The summed E-state index contributed by atoms with van der Waals surface area (Å²) in [5.74, 6) is -0.601. The zero-order valence-electron chi connectivity index (χ0n) is 12.9. The van der Waals surface area contributed by atoms with Crippen molar-refractivity contribution < 1.29 is 22.7 Å². The highest BCUT2D eigenvalue weighted by atomic mass is 79.9. The lowest BCUT2D eigenvalue weighted by Gasteiger charge is -2.10. The van der Waals surface area contributed by atoms with Crippen molar-refractivity contribution in [1.29, 1.82) is 0 Å². The Morgan fingerprint density at radius 1 is 1.29 bits per heavy atom. The van der Waals surface area contributed by atoms with Crippen molar-refractivity contribution in [3.05, 3.63) is 40.1 Å². The standard InChI is InChI=1S/C15H15BrF3N3O2/c1-9-14(16)10(2)22(21-9)8-7-13(23)20-11-3-5-12(6-4-11)24-15(17,18)19/h3-6H,7-8H2,1-2H3,(H,20,23). The van der Waals surface area contributed by atoms with Gasteiger partial charge in [-0.05, 0) is 54.0 Å². The number of hydrogen-bond acceptors (Lipinski definition) is 3. The van der Waals surface area contributed by atoms with E-state index in [-0.39, 0.29) is 18.1 Å². The number of nitrogens with zero attached hydrogens (tertiary/aromatic N) is 2. The van der Waals surface area contributed by atoms with Gasteiger partial charge in [-0.15, -0.1) is 13.2 Å². The molecule has 2 rings (SSSR count). The van der Waals surface area contributed by atoms with E-state index in [0.717, 1.165) is 28.0 Å². The molecule has 0 aliphatic heterocycles. The van der Waals surface area contributed by atoms with Crippen molar-refractivity contribution in [3.8, 4) is 5.75 Å². The first-order valence-corrected chi connectivity index (χ1v) is 7.80. The Kier molecular flexibility index (Phi) is 5.53. The number of nitrogens with one attached hydrogen (secondary N) is 1. The minimum atomic E-state index is -4.74. The fraction of sp³-hybridized carbons (Fsp3) is 0.333. The highest BCUT2D eigenvalue weighted by Gasteiger charge is 2.30. The molecule has 1 heterocycles. The molecular weight excluding hydrogens is 391 g/mol. The fourth-order valence-electron chi connectivity index (χ4n) is 2.06. The van der Waals surface area contributed by atoms with Crippen LogP contribution in [-0.4, -0.2) is 22.1 Å². The van der Waals surface area contributed by atoms with E-state index in [4.69, 9.17) is 0 Å². The van der Waals surface area contributed by atoms with Crippen LogP contribution in [-0.2, 0) is 11.3 Å². The Morgan fingerprint density at radius 3 is 2.42 bits per heavy atom. The molecule has 2 aromatic rings. The number of halogens is 4. The summed E-state index contributed by atoms with van der Waals surface area (Å²) in [6.07, 6.45) is -4.55. The molecule has 0 bridgehead atoms. The van der Waals surface area contributed by atoms with Gasteiger partial charge < -0.3 is 10.1 Å². The van der Waals surface area contributed by atoms with E-state index in [1.807, 2.05) is 13.8 Å². The second-order valence-corrected chi connectivity index (χ2v) is 5.87. The Hall–Kier alpha value is -2.03. The molecular formula is C15H15BrF3N3O2. The second kappa shape index (κ2) is 7.25. The molecule has 0 atom stereocenters. The number of alkyl halides is 3. The van der Waals surface area contributed by atoms with E-state index in [2.05, 4.69) is 31.1 Å². The molecule has 1 aromatic carbocycles. The summed E-state index contributed by atoms with van der Waals surface area (Å²) in [7, 11) is 0. The average molecular weight is 406 g/mol. The minimum Gasteiger partial charge on any atom is -0.406 e. The van der Waals surface area contributed by atoms with Crippen molar-refractivity contribution in [3.63, 3.8) is 0 Å². The molecule has 0 spiro atoms. The summed E-state index contributed by atoms with van der Waals surface area (Å²) in [6, 6.07) is 4.97. The molecule has 0 fully saturated rings. The largest absolute Gasteiger partial charge is 0.573 e. The molecule has 0 unspecified atom stereocenters. The molecule has 9 heteroatoms. The lowest BCUT2D eigenvalue weighted by atomic mass is 10.3. The summed E-state index contributed by atoms with van der Waals surface area (Å²) in [4.78, 5) is 11.9. The number of aryl methyl sites for hydroxylation is 2. The third-order valence-corrected chi connectivity index (χ3v) is 4.36. The monoisotopic (exact) mass is 405 g/mol. The van der Waals surface area contributed by atoms with Gasteiger partial charge in [0.25, 0.3) is 0 Å². The molecule has 5 nitrogen and oxygen atoms in total. The normalized spacial score (nSPS) is 11.4. The predicted octanol–water partition coefficient (Wildman–Crippen LogP) is 4.19. The molecule has 0 saturated carbocycles. The number of ether oxygens (including phenoxy) is 1. The number of amides is 1. The molecule has 0 radical (unpaired) electrons. The smallest absolute Gasteiger partial charge is 0.406 e. The quantitative estimate of drug-likeness (QED) is 0.811. The van der Waals surface area contributed by atoms with Gasteiger partial charge in [-0.25, -0.2) is 0 Å². The highest BCUT2D eigenvalue weighted by Crippen LogP contribution is 2.24. The zero-order valence-corrected chi connectivity index (χ0v) is 14.5. The highest BCUT2D eigenvalue weighted by molar-refractivity contribution is 9.10. The summed E-state index contributed by atoms with van der Waals surface area (Å²) >= 11 is 3.41. The van der Waals surface area contributed by atoms with Gasteiger partial charge in [0, 0.05) is 17.8 Å². The van der Waals surface area contributed by atoms with E-state index in [9.17, 15) is 18.0 Å². The maximum Gasteiger partial charge on any atom is 0.573 e. The third kappa shape index (κ3) is 4.98. The SMILES string of the molecule is Cc1nn(CCC(=O)Nc2ccc(OC(F)(F)F)cc2)c(C)c1Br. The van der Waals surface area contributed by atoms with Crippen molar-refractivity contribution >= 4 is 27.5 Å². The number of carbonyl (C=O) groups is 1. The summed E-state index contributed by atoms with van der Waals surface area (Å²) in [5, 5.41) is 6.92. The van der Waals surface area contributed by atoms with Gasteiger partial charge in [-0.2, -0.15) is 5.10 Å². The summed E-state index contributed by atoms with van der Waals surface area (Å²) in [5.41, 5.74) is 2.16. The number of hydrogen-bond donors (Lipinski definition) is 1. The van der Waals surface area contributed by atoms with Crippen LogP contribution < -0.4 is 10.1 Å². The van der Waals surface area contributed by atoms with E-state index in [1.165, 1.54) is 12.1 Å². The zero-order chi connectivity index (χ0) is 17.9. The fourth-order valence-corrected chi connectivity index (χ4v) is 2.35. The van der Waals surface area contributed by atoms with Gasteiger partial charge in [-0.1, -0.05) is 0 Å². The first kappa shape index (κ1) is 18.3. The van der Waals surface area contributed by atoms with Crippen LogP contribution in [0.3, 0.4) is 0 Å². The number of rotatable bonds is 5. The van der Waals surface area contributed by atoms with Crippen LogP contribution >= 0.6 is 15.9 Å². The Labute approximate surface area is 144 Å². The van der Waals surface area contributed by atoms with Crippen LogP contribution in [0.25, 0.3) is 0 Å². The molecule has 0 saturated heterocycles. The lowest BCUT2D eigenvalue weighted by molar-refractivity contribution is -0.274. The number of carbonyl (C=O) groups excluding carboxylic acids is 1. The maximum atomic E-state index is 12.1. The van der Waals surface area contributed by atoms with Crippen LogP contribution in [0.15, 0.2) is 28.7 Å². The van der Waals surface area contributed by atoms with Gasteiger partial charge in [0.2, 0.25) is 5.91 Å². The van der Waals surface area contributed by atoms with Gasteiger partial charge in [0.1, 0.15) is 5.75 Å². The Bertz CT molecular complexity index is 727. The molecule has 1 amide bonds. The number of anilines is 1. The van der Waals surface area contributed by atoms with Gasteiger partial charge in [-0.3, -0.25) is 9.48 Å². The molecule has 1 aromatic heterocycles. The second-order valence-electron chi connectivity index (χ2n) is 5.08. The summed E-state index contributed by atoms with van der Waals surface area (Å²) < 4.78 is 42.6. The molecule has 130 valence electrons. The van der Waals surface area contributed by atoms with E-state index in [1.54, 1.807) is 4.68 Å². The minimum absolute atomic E-state index is 0.190. The van der Waals surface area contributed by atoms with Gasteiger partial charge in [0.05, 0.1) is 16.7 Å². The maximum absolute atomic E-state index is 12.1. The van der Waals surface area contributed by atoms with Gasteiger partial charge in [0.15, 0.2) is 0 Å². The molecule has 1 N–H and O–H groups in total. The van der Waals surface area contributed by atoms with Crippen molar-refractivity contribution in [2.24, 2.45) is 0 Å². The first-order valence-electron chi connectivity index (χ1n) is 7.01. The van der Waals surface area contributed by atoms with Crippen molar-refractivity contribution in [2.45, 2.75) is 33.2 Å². The average Bonchev–Trinajstić information content (AvgIpc) is 2.73. The van der Waals surface area contributed by atoms with Crippen LogP contribution in [0, 0.1) is 13.8 Å². The van der Waals surface area contributed by atoms with E-state index in [0.29, 0.717) is 12.2 Å². The third-order valence-electron chi connectivity index (χ3n) is 3.22. The topological polar surface area (TPSA) is 56.2 Å². The Morgan fingerprint density at radius 2 is 1.92 bits per heavy atom. The molecule has 0 aliphatic rings. The van der Waals surface area contributed by atoms with Crippen LogP contribution in [0.2, 0.25) is 0 Å². The van der Waals surface area contributed by atoms with Crippen LogP contribution in [0.5, 0.6) is 5.75 Å².